The zero-order chi connectivity index (χ0) is 9.45. The highest BCUT2D eigenvalue weighted by Crippen LogP contribution is 2.18. The molecule has 12 heavy (non-hydrogen) atoms. The van der Waals surface area contributed by atoms with E-state index in [1.165, 1.54) is 0 Å². The number of carbonyl (C=O) groups excluding carboxylic acids is 1. The fourth-order valence-electron chi connectivity index (χ4n) is 0.890. The molecule has 2 heteroatoms. The summed E-state index contributed by atoms with van der Waals surface area (Å²) >= 11 is 0. The van der Waals surface area contributed by atoms with Crippen LogP contribution in [0.15, 0.2) is 0 Å². The summed E-state index contributed by atoms with van der Waals surface area (Å²) in [5.74, 6) is 0. The topological polar surface area (TPSA) is 26.3 Å². The minimum atomic E-state index is -0.475. The SMILES string of the molecule is [CH2]C(CC)(CC=O)OCCCC. The largest absolute Gasteiger partial charge is 0.375 e. The molecule has 0 N–H and O–H groups in total. The first-order valence-electron chi connectivity index (χ1n) is 4.61. The fourth-order valence-corrected chi connectivity index (χ4v) is 0.890. The Labute approximate surface area is 75.3 Å². The Kier molecular flexibility index (Phi) is 5.99. The predicted octanol–water partition coefficient (Wildman–Crippen LogP) is 2.37. The third-order valence-corrected chi connectivity index (χ3v) is 2.01. The van der Waals surface area contributed by atoms with Gasteiger partial charge in [-0.25, -0.2) is 0 Å². The Bertz CT molecular complexity index is 123. The standard InChI is InChI=1S/C10H19O2/c1-4-6-9-12-10(3,5-2)7-8-11/h8H,3-7,9H2,1-2H3. The van der Waals surface area contributed by atoms with Crippen LogP contribution >= 0.6 is 0 Å². The van der Waals surface area contributed by atoms with Gasteiger partial charge in [-0.3, -0.25) is 0 Å². The number of ether oxygens (including phenoxy) is 1. The van der Waals surface area contributed by atoms with Gasteiger partial charge in [-0.05, 0) is 19.8 Å². The van der Waals surface area contributed by atoms with E-state index >= 15 is 0 Å². The van der Waals surface area contributed by atoms with Gasteiger partial charge >= 0.3 is 0 Å². The maximum absolute atomic E-state index is 10.3. The van der Waals surface area contributed by atoms with Crippen molar-refractivity contribution < 1.29 is 9.53 Å². The van der Waals surface area contributed by atoms with Crippen LogP contribution in [0.4, 0.5) is 0 Å². The summed E-state index contributed by atoms with van der Waals surface area (Å²) in [6.45, 7) is 8.71. The Balaban J connectivity index is 3.70. The first-order chi connectivity index (χ1) is 5.68. The van der Waals surface area contributed by atoms with Gasteiger partial charge in [-0.2, -0.15) is 0 Å². The third-order valence-electron chi connectivity index (χ3n) is 2.01. The molecule has 1 unspecified atom stereocenters. The predicted molar refractivity (Wildman–Crippen MR) is 49.9 cm³/mol. The maximum atomic E-state index is 10.3. The van der Waals surface area contributed by atoms with Crippen LogP contribution < -0.4 is 0 Å². The molecule has 0 rings (SSSR count). The zero-order valence-electron chi connectivity index (χ0n) is 8.14. The van der Waals surface area contributed by atoms with E-state index in [4.69, 9.17) is 4.74 Å². The van der Waals surface area contributed by atoms with Crippen molar-refractivity contribution in [1.82, 2.24) is 0 Å². The quantitative estimate of drug-likeness (QED) is 0.434. The van der Waals surface area contributed by atoms with E-state index < -0.39 is 5.60 Å². The number of aldehydes is 1. The monoisotopic (exact) mass is 171 g/mol. The first kappa shape index (κ1) is 11.6. The van der Waals surface area contributed by atoms with Crippen LogP contribution in [0.2, 0.25) is 0 Å². The number of hydrogen-bond acceptors (Lipinski definition) is 2. The number of unbranched alkanes of at least 4 members (excludes halogenated alkanes) is 1. The van der Waals surface area contributed by atoms with E-state index in [1.807, 2.05) is 6.92 Å². The van der Waals surface area contributed by atoms with E-state index in [-0.39, 0.29) is 0 Å². The van der Waals surface area contributed by atoms with Crippen molar-refractivity contribution in [3.8, 4) is 0 Å². The second kappa shape index (κ2) is 6.18. The molecule has 0 bridgehead atoms. The lowest BCUT2D eigenvalue weighted by Gasteiger charge is -2.26. The van der Waals surface area contributed by atoms with E-state index in [1.54, 1.807) is 0 Å². The van der Waals surface area contributed by atoms with E-state index in [2.05, 4.69) is 13.8 Å². The highest BCUT2D eigenvalue weighted by molar-refractivity contribution is 5.51. The van der Waals surface area contributed by atoms with Crippen LogP contribution in [-0.2, 0) is 9.53 Å². The lowest BCUT2D eigenvalue weighted by atomic mass is 10.00. The Hall–Kier alpha value is -0.370. The van der Waals surface area contributed by atoms with Gasteiger partial charge in [-0.1, -0.05) is 20.3 Å². The second-order valence-electron chi connectivity index (χ2n) is 3.11. The van der Waals surface area contributed by atoms with E-state index in [0.29, 0.717) is 13.0 Å². The molecule has 0 heterocycles. The van der Waals surface area contributed by atoms with Crippen molar-refractivity contribution in [3.63, 3.8) is 0 Å². The van der Waals surface area contributed by atoms with Crippen molar-refractivity contribution >= 4 is 6.29 Å². The van der Waals surface area contributed by atoms with Gasteiger partial charge in [0.2, 0.25) is 0 Å². The van der Waals surface area contributed by atoms with Crippen LogP contribution in [0, 0.1) is 6.92 Å². The van der Waals surface area contributed by atoms with Crippen molar-refractivity contribution in [1.29, 1.82) is 0 Å². The molecule has 0 aromatic carbocycles. The lowest BCUT2D eigenvalue weighted by molar-refractivity contribution is -0.113. The van der Waals surface area contributed by atoms with Crippen LogP contribution in [0.25, 0.3) is 0 Å². The molecule has 1 radical (unpaired) electrons. The number of rotatable bonds is 7. The highest BCUT2D eigenvalue weighted by atomic mass is 16.5. The summed E-state index contributed by atoms with van der Waals surface area (Å²) < 4.78 is 5.52. The minimum absolute atomic E-state index is 0.396. The molecule has 0 spiro atoms. The van der Waals surface area contributed by atoms with Crippen molar-refractivity contribution in [2.24, 2.45) is 0 Å². The van der Waals surface area contributed by atoms with Crippen LogP contribution in [0.5, 0.6) is 0 Å². The summed E-state index contributed by atoms with van der Waals surface area (Å²) in [5.41, 5.74) is -0.475. The molecule has 0 aromatic heterocycles. The van der Waals surface area contributed by atoms with Gasteiger partial charge in [0.15, 0.2) is 0 Å². The minimum Gasteiger partial charge on any atom is -0.375 e. The second-order valence-corrected chi connectivity index (χ2v) is 3.11. The van der Waals surface area contributed by atoms with Crippen molar-refractivity contribution in [2.45, 2.75) is 45.1 Å². The molecule has 0 aromatic rings. The molecule has 0 aliphatic rings. The van der Waals surface area contributed by atoms with Crippen LogP contribution in [-0.4, -0.2) is 18.5 Å². The number of hydrogen-bond donors (Lipinski definition) is 0. The maximum Gasteiger partial charge on any atom is 0.122 e. The third kappa shape index (κ3) is 4.50. The van der Waals surface area contributed by atoms with Crippen LogP contribution in [0.3, 0.4) is 0 Å². The average molecular weight is 171 g/mol. The average Bonchev–Trinajstić information content (AvgIpc) is 2.06. The first-order valence-corrected chi connectivity index (χ1v) is 4.61. The van der Waals surface area contributed by atoms with Gasteiger partial charge in [0.25, 0.3) is 0 Å². The lowest BCUT2D eigenvalue weighted by Crippen LogP contribution is -2.29. The van der Waals surface area contributed by atoms with Crippen LogP contribution in [0.1, 0.15) is 39.5 Å². The molecule has 0 saturated carbocycles. The molecule has 0 fully saturated rings. The molecular weight excluding hydrogens is 152 g/mol. The Morgan fingerprint density at radius 3 is 2.58 bits per heavy atom. The smallest absolute Gasteiger partial charge is 0.122 e. The van der Waals surface area contributed by atoms with E-state index in [9.17, 15) is 4.79 Å². The molecule has 0 amide bonds. The summed E-state index contributed by atoms with van der Waals surface area (Å²) in [6, 6.07) is 0. The molecule has 0 aliphatic carbocycles. The zero-order valence-corrected chi connectivity index (χ0v) is 8.14. The molecule has 0 aliphatic heterocycles. The summed E-state index contributed by atoms with van der Waals surface area (Å²) in [7, 11) is 0. The molecule has 0 saturated heterocycles. The molecule has 2 nitrogen and oxygen atoms in total. The van der Waals surface area contributed by atoms with Gasteiger partial charge < -0.3 is 9.53 Å². The Morgan fingerprint density at radius 1 is 1.50 bits per heavy atom. The normalized spacial score (nSPS) is 15.6. The summed E-state index contributed by atoms with van der Waals surface area (Å²) in [6.07, 6.45) is 4.21. The highest BCUT2D eigenvalue weighted by Gasteiger charge is 2.21. The summed E-state index contributed by atoms with van der Waals surface area (Å²) in [4.78, 5) is 10.3. The number of carbonyl (C=O) groups is 1. The van der Waals surface area contributed by atoms with Gasteiger partial charge in [-0.15, -0.1) is 0 Å². The molecule has 1 atom stereocenters. The molecule has 71 valence electrons. The van der Waals surface area contributed by atoms with E-state index in [0.717, 1.165) is 25.5 Å². The van der Waals surface area contributed by atoms with Crippen molar-refractivity contribution in [3.05, 3.63) is 6.92 Å². The van der Waals surface area contributed by atoms with Gasteiger partial charge in [0.05, 0.1) is 5.60 Å². The fraction of sp³-hybridized carbons (Fsp3) is 0.800. The summed E-state index contributed by atoms with van der Waals surface area (Å²) in [5, 5.41) is 0. The molecular formula is C10H19O2. The van der Waals surface area contributed by atoms with Gasteiger partial charge in [0, 0.05) is 13.0 Å². The van der Waals surface area contributed by atoms with Gasteiger partial charge in [0.1, 0.15) is 6.29 Å². The van der Waals surface area contributed by atoms with Crippen molar-refractivity contribution in [2.75, 3.05) is 6.61 Å². The Morgan fingerprint density at radius 2 is 2.17 bits per heavy atom.